The second-order valence-corrected chi connectivity index (χ2v) is 7.42. The Bertz CT molecular complexity index is 1160. The number of nitrogens with zero attached hydrogens (tertiary/aromatic N) is 6. The molecule has 8 heteroatoms. The number of aryl methyl sites for hydroxylation is 2. The van der Waals surface area contributed by atoms with Gasteiger partial charge in [0, 0.05) is 30.4 Å². The molecule has 0 saturated carbocycles. The van der Waals surface area contributed by atoms with E-state index in [9.17, 15) is 4.79 Å². The van der Waals surface area contributed by atoms with Crippen LogP contribution >= 0.6 is 0 Å². The topological polar surface area (TPSA) is 92.1 Å². The van der Waals surface area contributed by atoms with E-state index in [1.165, 1.54) is 0 Å². The number of hydrogen-bond donors (Lipinski definition) is 1. The zero-order valence-electron chi connectivity index (χ0n) is 15.9. The number of rotatable bonds is 2. The summed E-state index contributed by atoms with van der Waals surface area (Å²) in [4.78, 5) is 31.7. The zero-order chi connectivity index (χ0) is 19.3. The molecular formula is C20H21N7O. The van der Waals surface area contributed by atoms with E-state index in [-0.39, 0.29) is 17.6 Å². The van der Waals surface area contributed by atoms with Gasteiger partial charge in [-0.2, -0.15) is 4.98 Å². The van der Waals surface area contributed by atoms with Crippen molar-refractivity contribution in [3.63, 3.8) is 0 Å². The standard InChI is InChI=1S/C20H21N7O/c1-12-10-13(2)27-20(21-12)24-18(25-27)19(28)26-9-5-6-14(11-26)17-22-15-7-3-4-8-16(15)23-17/h3-4,7-8,10,14H,5-6,9,11H2,1-2H3,(H,22,23). The lowest BCUT2D eigenvalue weighted by atomic mass is 9.97. The number of fused-ring (bicyclic) bond motifs is 2. The molecule has 1 N–H and O–H groups in total. The number of aromatic amines is 1. The van der Waals surface area contributed by atoms with Gasteiger partial charge in [-0.1, -0.05) is 12.1 Å². The molecule has 1 atom stereocenters. The largest absolute Gasteiger partial charge is 0.342 e. The van der Waals surface area contributed by atoms with Crippen LogP contribution in [-0.4, -0.2) is 53.4 Å². The van der Waals surface area contributed by atoms with E-state index in [1.54, 1.807) is 4.52 Å². The van der Waals surface area contributed by atoms with Crippen molar-refractivity contribution in [2.24, 2.45) is 0 Å². The molecule has 0 radical (unpaired) electrons. The van der Waals surface area contributed by atoms with Crippen molar-refractivity contribution in [2.45, 2.75) is 32.6 Å². The molecule has 1 aliphatic rings. The van der Waals surface area contributed by atoms with Crippen LogP contribution in [0.1, 0.15) is 46.6 Å². The highest BCUT2D eigenvalue weighted by Gasteiger charge is 2.29. The summed E-state index contributed by atoms with van der Waals surface area (Å²) in [5, 5.41) is 4.39. The third kappa shape index (κ3) is 2.81. The van der Waals surface area contributed by atoms with Gasteiger partial charge in [0.25, 0.3) is 11.7 Å². The maximum atomic E-state index is 13.0. The van der Waals surface area contributed by atoms with Crippen LogP contribution in [0.25, 0.3) is 16.8 Å². The van der Waals surface area contributed by atoms with Crippen LogP contribution in [0.3, 0.4) is 0 Å². The number of para-hydroxylation sites is 2. The normalized spacial score (nSPS) is 17.5. The van der Waals surface area contributed by atoms with Gasteiger partial charge in [0.05, 0.1) is 11.0 Å². The minimum absolute atomic E-state index is 0.150. The van der Waals surface area contributed by atoms with Gasteiger partial charge in [0.15, 0.2) is 0 Å². The summed E-state index contributed by atoms with van der Waals surface area (Å²) in [6.45, 7) is 5.16. The molecule has 8 nitrogen and oxygen atoms in total. The molecule has 5 rings (SSSR count). The fourth-order valence-corrected chi connectivity index (χ4v) is 3.95. The van der Waals surface area contributed by atoms with E-state index in [2.05, 4.69) is 20.1 Å². The molecular weight excluding hydrogens is 354 g/mol. The van der Waals surface area contributed by atoms with Gasteiger partial charge in [-0.25, -0.2) is 14.5 Å². The number of H-pyrrole nitrogens is 1. The van der Waals surface area contributed by atoms with E-state index in [4.69, 9.17) is 4.98 Å². The summed E-state index contributed by atoms with van der Waals surface area (Å²) in [7, 11) is 0. The molecule has 142 valence electrons. The van der Waals surface area contributed by atoms with E-state index in [1.807, 2.05) is 49.1 Å². The third-order valence-electron chi connectivity index (χ3n) is 5.31. The first-order valence-electron chi connectivity index (χ1n) is 9.53. The SMILES string of the molecule is Cc1cc(C)n2nc(C(=O)N3CCCC(c4nc5ccccc5[nH]4)C3)nc2n1. The van der Waals surface area contributed by atoms with Gasteiger partial charge in [0.2, 0.25) is 5.82 Å². The van der Waals surface area contributed by atoms with Crippen molar-refractivity contribution in [3.05, 3.63) is 53.4 Å². The summed E-state index contributed by atoms with van der Waals surface area (Å²) in [6, 6.07) is 9.92. The molecule has 4 aromatic rings. The van der Waals surface area contributed by atoms with Crippen LogP contribution in [0, 0.1) is 13.8 Å². The summed E-state index contributed by atoms with van der Waals surface area (Å²) >= 11 is 0. The lowest BCUT2D eigenvalue weighted by Crippen LogP contribution is -2.39. The number of likely N-dealkylation sites (tertiary alicyclic amines) is 1. The maximum absolute atomic E-state index is 13.0. The Morgan fingerprint density at radius 3 is 2.89 bits per heavy atom. The molecule has 1 aliphatic heterocycles. The van der Waals surface area contributed by atoms with Crippen molar-refractivity contribution in [1.29, 1.82) is 0 Å². The average molecular weight is 375 g/mol. The molecule has 1 unspecified atom stereocenters. The molecule has 28 heavy (non-hydrogen) atoms. The number of imidazole rings is 1. The van der Waals surface area contributed by atoms with Crippen molar-refractivity contribution in [3.8, 4) is 0 Å². The monoisotopic (exact) mass is 375 g/mol. The molecule has 4 heterocycles. The van der Waals surface area contributed by atoms with Crippen molar-refractivity contribution in [2.75, 3.05) is 13.1 Å². The van der Waals surface area contributed by atoms with Crippen LogP contribution < -0.4 is 0 Å². The second kappa shape index (κ2) is 6.40. The fourth-order valence-electron chi connectivity index (χ4n) is 3.95. The van der Waals surface area contributed by atoms with Crippen molar-refractivity contribution < 1.29 is 4.79 Å². The Kier molecular flexibility index (Phi) is 3.85. The molecule has 1 amide bonds. The Balaban J connectivity index is 1.41. The number of carbonyl (C=O) groups is 1. The number of amides is 1. The Hall–Kier alpha value is -3.29. The Morgan fingerprint density at radius 1 is 1.18 bits per heavy atom. The zero-order valence-corrected chi connectivity index (χ0v) is 15.9. The van der Waals surface area contributed by atoms with Crippen LogP contribution in [0.5, 0.6) is 0 Å². The fraction of sp³-hybridized carbons (Fsp3) is 0.350. The highest BCUT2D eigenvalue weighted by atomic mass is 16.2. The molecule has 1 saturated heterocycles. The third-order valence-corrected chi connectivity index (χ3v) is 5.31. The molecule has 1 fully saturated rings. The average Bonchev–Trinajstić information content (AvgIpc) is 3.31. The van der Waals surface area contributed by atoms with Crippen molar-refractivity contribution in [1.82, 2.24) is 34.4 Å². The lowest BCUT2D eigenvalue weighted by molar-refractivity contribution is 0.0692. The number of benzene rings is 1. The predicted molar refractivity (Wildman–Crippen MR) is 104 cm³/mol. The first-order chi connectivity index (χ1) is 13.6. The van der Waals surface area contributed by atoms with Crippen molar-refractivity contribution >= 4 is 22.7 Å². The van der Waals surface area contributed by atoms with Gasteiger partial charge in [-0.3, -0.25) is 4.79 Å². The minimum atomic E-state index is -0.150. The summed E-state index contributed by atoms with van der Waals surface area (Å²) in [6.07, 6.45) is 1.93. The van der Waals surface area contributed by atoms with Crippen LogP contribution in [-0.2, 0) is 0 Å². The molecule has 0 aliphatic carbocycles. The summed E-state index contributed by atoms with van der Waals surface area (Å²) < 4.78 is 1.63. The predicted octanol–water partition coefficient (Wildman–Crippen LogP) is 2.64. The second-order valence-electron chi connectivity index (χ2n) is 7.42. The summed E-state index contributed by atoms with van der Waals surface area (Å²) in [5.74, 6) is 1.64. The van der Waals surface area contributed by atoms with E-state index < -0.39 is 0 Å². The lowest BCUT2D eigenvalue weighted by Gasteiger charge is -2.31. The first-order valence-corrected chi connectivity index (χ1v) is 9.53. The maximum Gasteiger partial charge on any atom is 0.293 e. The van der Waals surface area contributed by atoms with Gasteiger partial charge in [0.1, 0.15) is 5.82 Å². The van der Waals surface area contributed by atoms with Gasteiger partial charge in [-0.15, -0.1) is 5.10 Å². The van der Waals surface area contributed by atoms with E-state index in [0.29, 0.717) is 18.9 Å². The quantitative estimate of drug-likeness (QED) is 0.581. The molecule has 0 spiro atoms. The number of piperidine rings is 1. The minimum Gasteiger partial charge on any atom is -0.342 e. The number of carbonyl (C=O) groups excluding carboxylic acids is 1. The summed E-state index contributed by atoms with van der Waals surface area (Å²) in [5.41, 5.74) is 3.76. The number of nitrogens with one attached hydrogen (secondary N) is 1. The number of aromatic nitrogens is 6. The smallest absolute Gasteiger partial charge is 0.293 e. The van der Waals surface area contributed by atoms with Crippen LogP contribution in [0.2, 0.25) is 0 Å². The highest BCUT2D eigenvalue weighted by molar-refractivity contribution is 5.91. The Labute approximate surface area is 161 Å². The molecule has 3 aromatic heterocycles. The van der Waals surface area contributed by atoms with Crippen LogP contribution in [0.15, 0.2) is 30.3 Å². The Morgan fingerprint density at radius 2 is 2.04 bits per heavy atom. The van der Waals surface area contributed by atoms with Gasteiger partial charge in [-0.05, 0) is 44.9 Å². The molecule has 1 aromatic carbocycles. The number of hydrogen-bond acceptors (Lipinski definition) is 5. The van der Waals surface area contributed by atoms with Gasteiger partial charge < -0.3 is 9.88 Å². The molecule has 0 bridgehead atoms. The van der Waals surface area contributed by atoms with Crippen LogP contribution in [0.4, 0.5) is 0 Å². The highest BCUT2D eigenvalue weighted by Crippen LogP contribution is 2.27. The first kappa shape index (κ1) is 16.9. The van der Waals surface area contributed by atoms with E-state index in [0.717, 1.165) is 41.1 Å². The van der Waals surface area contributed by atoms with Gasteiger partial charge >= 0.3 is 0 Å². The van der Waals surface area contributed by atoms with E-state index >= 15 is 0 Å².